The maximum Gasteiger partial charge on any atom is 0.421 e. The van der Waals surface area contributed by atoms with Gasteiger partial charge in [-0.25, -0.2) is 27.3 Å². The van der Waals surface area contributed by atoms with Crippen molar-refractivity contribution in [1.82, 2.24) is 20.5 Å². The average Bonchev–Trinajstić information content (AvgIpc) is 3.66. The third-order valence-corrected chi connectivity index (χ3v) is 10.4. The van der Waals surface area contributed by atoms with Gasteiger partial charge in [0.2, 0.25) is 12.3 Å². The van der Waals surface area contributed by atoms with E-state index in [0.29, 0.717) is 32.5 Å². The lowest BCUT2D eigenvalue weighted by Crippen LogP contribution is -2.50. The molecule has 1 aromatic heterocycles. The molecule has 1 aromatic carbocycles. The molecular weight excluding hydrogens is 661 g/mol. The van der Waals surface area contributed by atoms with Crippen LogP contribution >= 0.6 is 0 Å². The van der Waals surface area contributed by atoms with Gasteiger partial charge in [0.05, 0.1) is 18.7 Å². The maximum absolute atomic E-state index is 15.4. The number of hydrogen-bond acceptors (Lipinski definition) is 6. The zero-order valence-corrected chi connectivity index (χ0v) is 26.9. The summed E-state index contributed by atoms with van der Waals surface area (Å²) in [5, 5.41) is 5.21. The van der Waals surface area contributed by atoms with Gasteiger partial charge in [-0.1, -0.05) is 0 Å². The highest BCUT2D eigenvalue weighted by Gasteiger charge is 2.49. The third kappa shape index (κ3) is 7.24. The quantitative estimate of drug-likeness (QED) is 0.352. The standard InChI is InChI=1S/C33H39F7N6O3/c1-49-21-13-24(34)27(25(35)14-21)23-17-46(31(47)22(23)15-42-32(48)43-19-6-4-18(5-7-19)29(36)37)30-28(33(38,39)40)26(8-9-41-30)45-12-11-44-10-2-3-20(44)16-45/h8-9,13-14,18-20,22-23,29H,2-7,10-12,15-17H2,1H3,(H2,42,43,48)/t18?,19?,20?,22?,23-/m1/s1. The summed E-state index contributed by atoms with van der Waals surface area (Å²) in [5.41, 5.74) is -1.77. The van der Waals surface area contributed by atoms with E-state index >= 15 is 8.78 Å². The number of ether oxygens (including phenoxy) is 1. The predicted octanol–water partition coefficient (Wildman–Crippen LogP) is 5.54. The number of amides is 3. The molecule has 0 radical (unpaired) electrons. The minimum atomic E-state index is -4.93. The monoisotopic (exact) mass is 700 g/mol. The molecule has 4 heterocycles. The first-order valence-electron chi connectivity index (χ1n) is 16.6. The lowest BCUT2D eigenvalue weighted by molar-refractivity contribution is -0.137. The summed E-state index contributed by atoms with van der Waals surface area (Å²) in [5.74, 6) is -7.26. The topological polar surface area (TPSA) is 90.0 Å². The summed E-state index contributed by atoms with van der Waals surface area (Å²) >= 11 is 0. The smallest absolute Gasteiger partial charge is 0.421 e. The molecule has 9 nitrogen and oxygen atoms in total. The second kappa shape index (κ2) is 14.2. The van der Waals surface area contributed by atoms with Crippen LogP contribution in [0.5, 0.6) is 5.75 Å². The number of urea groups is 1. The zero-order chi connectivity index (χ0) is 35.0. The fraction of sp³-hybridized carbons (Fsp3) is 0.606. The van der Waals surface area contributed by atoms with E-state index in [9.17, 15) is 31.5 Å². The van der Waals surface area contributed by atoms with Gasteiger partial charge in [-0.15, -0.1) is 0 Å². The molecule has 1 saturated carbocycles. The second-order valence-electron chi connectivity index (χ2n) is 13.3. The molecule has 49 heavy (non-hydrogen) atoms. The number of fused-ring (bicyclic) bond motifs is 1. The van der Waals surface area contributed by atoms with Crippen molar-refractivity contribution in [2.45, 2.75) is 69.1 Å². The van der Waals surface area contributed by atoms with E-state index in [1.54, 1.807) is 4.90 Å². The van der Waals surface area contributed by atoms with Crippen LogP contribution in [0.4, 0.5) is 47.0 Å². The highest BCUT2D eigenvalue weighted by molar-refractivity contribution is 5.99. The number of methoxy groups -OCH3 is 1. The van der Waals surface area contributed by atoms with Crippen molar-refractivity contribution in [1.29, 1.82) is 0 Å². The Morgan fingerprint density at radius 2 is 1.76 bits per heavy atom. The van der Waals surface area contributed by atoms with Crippen molar-refractivity contribution in [3.8, 4) is 5.75 Å². The fourth-order valence-electron chi connectivity index (χ4n) is 7.88. The van der Waals surface area contributed by atoms with Gasteiger partial charge in [-0.05, 0) is 51.1 Å². The van der Waals surface area contributed by atoms with Crippen LogP contribution in [0.2, 0.25) is 0 Å². The first kappa shape index (κ1) is 35.0. The third-order valence-electron chi connectivity index (χ3n) is 10.4. The van der Waals surface area contributed by atoms with Crippen molar-refractivity contribution in [3.63, 3.8) is 0 Å². The number of pyridine rings is 1. The molecule has 0 bridgehead atoms. The number of halogens is 7. The number of nitrogens with zero attached hydrogens (tertiary/aromatic N) is 4. The van der Waals surface area contributed by atoms with Gasteiger partial charge < -0.3 is 20.3 Å². The minimum absolute atomic E-state index is 0.103. The summed E-state index contributed by atoms with van der Waals surface area (Å²) in [6, 6.07) is 2.08. The molecule has 3 aliphatic heterocycles. The lowest BCUT2D eigenvalue weighted by Gasteiger charge is -2.40. The van der Waals surface area contributed by atoms with Gasteiger partial charge >= 0.3 is 12.2 Å². The molecule has 2 N–H and O–H groups in total. The van der Waals surface area contributed by atoms with Crippen LogP contribution in [0.1, 0.15) is 55.6 Å². The van der Waals surface area contributed by atoms with Gasteiger partial charge in [-0.2, -0.15) is 13.2 Å². The molecule has 268 valence electrons. The van der Waals surface area contributed by atoms with Crippen LogP contribution < -0.4 is 25.2 Å². The van der Waals surface area contributed by atoms with Gasteiger partial charge in [0.1, 0.15) is 28.8 Å². The highest BCUT2D eigenvalue weighted by Crippen LogP contribution is 2.46. The molecule has 2 aromatic rings. The molecule has 6 rings (SSSR count). The van der Waals surface area contributed by atoms with Gasteiger partial charge in [-0.3, -0.25) is 14.6 Å². The molecule has 3 saturated heterocycles. The van der Waals surface area contributed by atoms with Crippen LogP contribution in [-0.4, -0.2) is 86.7 Å². The van der Waals surface area contributed by atoms with Crippen LogP contribution in [0.25, 0.3) is 0 Å². The van der Waals surface area contributed by atoms with Gasteiger partial charge in [0.25, 0.3) is 0 Å². The Bertz CT molecular complexity index is 1510. The number of anilines is 2. The molecule has 0 spiro atoms. The summed E-state index contributed by atoms with van der Waals surface area (Å²) in [4.78, 5) is 35.6. The molecule has 3 amide bonds. The SMILES string of the molecule is COc1cc(F)c([C@@H]2CN(c3nccc(N4CCN5CCCC5C4)c3C(F)(F)F)C(=O)C2CNC(=O)NC2CCC(C(F)F)CC2)c(F)c1. The number of hydrogen-bond donors (Lipinski definition) is 2. The molecule has 3 atom stereocenters. The number of aromatic nitrogens is 1. The van der Waals surface area contributed by atoms with Crippen LogP contribution in [0.15, 0.2) is 24.4 Å². The minimum Gasteiger partial charge on any atom is -0.497 e. The Labute approximate surface area is 279 Å². The molecule has 4 aliphatic rings. The normalized spacial score (nSPS) is 26.3. The Morgan fingerprint density at radius 1 is 1.04 bits per heavy atom. The largest absolute Gasteiger partial charge is 0.497 e. The zero-order valence-electron chi connectivity index (χ0n) is 26.9. The molecule has 1 aliphatic carbocycles. The Balaban J connectivity index is 1.29. The number of alkyl halides is 5. The number of benzene rings is 1. The Morgan fingerprint density at radius 3 is 2.41 bits per heavy atom. The van der Waals surface area contributed by atoms with Gasteiger partial charge in [0, 0.05) is 80.5 Å². The van der Waals surface area contributed by atoms with Crippen LogP contribution in [-0.2, 0) is 11.0 Å². The number of nitrogens with one attached hydrogen (secondary N) is 2. The molecular formula is C33H39F7N6O3. The first-order valence-corrected chi connectivity index (χ1v) is 16.6. The van der Waals surface area contributed by atoms with E-state index in [0.717, 1.165) is 36.4 Å². The summed E-state index contributed by atoms with van der Waals surface area (Å²) in [6.07, 6.45) is -3.28. The van der Waals surface area contributed by atoms with Gasteiger partial charge in [0.15, 0.2) is 0 Å². The van der Waals surface area contributed by atoms with Crippen molar-refractivity contribution in [2.75, 3.05) is 56.2 Å². The van der Waals surface area contributed by atoms with E-state index in [-0.39, 0.29) is 30.3 Å². The number of carbonyl (C=O) groups is 2. The van der Waals surface area contributed by atoms with E-state index in [2.05, 4.69) is 20.5 Å². The predicted molar refractivity (Wildman–Crippen MR) is 166 cm³/mol. The Hall–Kier alpha value is -3.82. The lowest BCUT2D eigenvalue weighted by atomic mass is 9.86. The molecule has 2 unspecified atom stereocenters. The number of carbonyl (C=O) groups excluding carboxylic acids is 2. The van der Waals surface area contributed by atoms with Crippen molar-refractivity contribution in [3.05, 3.63) is 47.2 Å². The van der Waals surface area contributed by atoms with E-state index in [1.807, 2.05) is 0 Å². The number of rotatable bonds is 8. The molecule has 16 heteroatoms. The van der Waals surface area contributed by atoms with Crippen molar-refractivity contribution >= 4 is 23.4 Å². The van der Waals surface area contributed by atoms with E-state index in [1.165, 1.54) is 19.4 Å². The Kier molecular flexibility index (Phi) is 10.1. The molecule has 4 fully saturated rings. The van der Waals surface area contributed by atoms with Crippen LogP contribution in [0, 0.1) is 23.5 Å². The van der Waals surface area contributed by atoms with Crippen molar-refractivity contribution in [2.24, 2.45) is 11.8 Å². The number of piperazine rings is 1. The maximum atomic E-state index is 15.4. The summed E-state index contributed by atoms with van der Waals surface area (Å²) in [7, 11) is 1.21. The summed E-state index contributed by atoms with van der Waals surface area (Å²) in [6.45, 7) is 1.18. The summed E-state index contributed by atoms with van der Waals surface area (Å²) < 4.78 is 107. The van der Waals surface area contributed by atoms with E-state index < -0.39 is 90.0 Å². The van der Waals surface area contributed by atoms with Crippen LogP contribution in [0.3, 0.4) is 0 Å². The van der Waals surface area contributed by atoms with Crippen molar-refractivity contribution < 1.29 is 45.1 Å². The second-order valence-corrected chi connectivity index (χ2v) is 13.3. The fourth-order valence-corrected chi connectivity index (χ4v) is 7.88. The average molecular weight is 701 g/mol. The highest BCUT2D eigenvalue weighted by atomic mass is 19.4. The van der Waals surface area contributed by atoms with E-state index in [4.69, 9.17) is 4.74 Å². The first-order chi connectivity index (χ1) is 23.3.